The van der Waals surface area contributed by atoms with E-state index in [2.05, 4.69) is 5.43 Å². The van der Waals surface area contributed by atoms with E-state index in [0.29, 0.717) is 5.02 Å². The van der Waals surface area contributed by atoms with Crippen LogP contribution in [0.1, 0.15) is 0 Å². The van der Waals surface area contributed by atoms with Gasteiger partial charge in [0, 0.05) is 4.90 Å². The summed E-state index contributed by atoms with van der Waals surface area (Å²) in [4.78, 5) is 1.14. The molecule has 0 aromatic heterocycles. The van der Waals surface area contributed by atoms with Crippen LogP contribution in [0.15, 0.2) is 23.1 Å². The minimum atomic E-state index is 0.644. The highest BCUT2D eigenvalue weighted by molar-refractivity contribution is 7.98. The third kappa shape index (κ3) is 2.02. The second kappa shape index (κ2) is 3.85. The average molecular weight is 189 g/mol. The summed E-state index contributed by atoms with van der Waals surface area (Å²) in [6.45, 7) is 0. The Kier molecular flexibility index (Phi) is 3.05. The van der Waals surface area contributed by atoms with Crippen LogP contribution in [0.4, 0.5) is 5.69 Å². The summed E-state index contributed by atoms with van der Waals surface area (Å²) in [6, 6.07) is 5.68. The molecule has 0 radical (unpaired) electrons. The maximum Gasteiger partial charge on any atom is 0.0683 e. The highest BCUT2D eigenvalue weighted by Crippen LogP contribution is 2.25. The second-order valence-corrected chi connectivity index (χ2v) is 3.28. The Morgan fingerprint density at radius 2 is 2.27 bits per heavy atom. The number of benzene rings is 1. The summed E-state index contributed by atoms with van der Waals surface area (Å²) < 4.78 is 0. The lowest BCUT2D eigenvalue weighted by atomic mass is 10.3. The first kappa shape index (κ1) is 8.71. The number of hydrogen-bond acceptors (Lipinski definition) is 3. The lowest BCUT2D eigenvalue weighted by Crippen LogP contribution is -2.06. The molecule has 0 unspecified atom stereocenters. The van der Waals surface area contributed by atoms with Gasteiger partial charge in [-0.25, -0.2) is 0 Å². The molecule has 0 fully saturated rings. The number of hydrazine groups is 1. The van der Waals surface area contributed by atoms with Gasteiger partial charge in [0.2, 0.25) is 0 Å². The van der Waals surface area contributed by atoms with Crippen LogP contribution in [0.2, 0.25) is 5.02 Å². The molecule has 0 spiro atoms. The molecule has 0 heterocycles. The second-order valence-electron chi connectivity index (χ2n) is 1.99. The van der Waals surface area contributed by atoms with Gasteiger partial charge in [-0.15, -0.1) is 11.8 Å². The molecule has 2 nitrogen and oxygen atoms in total. The summed E-state index contributed by atoms with van der Waals surface area (Å²) in [6.07, 6.45) is 2.00. The zero-order chi connectivity index (χ0) is 8.27. The van der Waals surface area contributed by atoms with Gasteiger partial charge in [0.05, 0.1) is 10.7 Å². The number of nitrogens with two attached hydrogens (primary N) is 1. The van der Waals surface area contributed by atoms with Gasteiger partial charge < -0.3 is 5.43 Å². The molecular formula is C7H9ClN2S. The number of halogens is 1. The minimum absolute atomic E-state index is 0.644. The Morgan fingerprint density at radius 1 is 1.55 bits per heavy atom. The van der Waals surface area contributed by atoms with Crippen molar-refractivity contribution in [2.45, 2.75) is 4.90 Å². The van der Waals surface area contributed by atoms with Gasteiger partial charge in [-0.05, 0) is 24.5 Å². The predicted molar refractivity (Wildman–Crippen MR) is 51.0 cm³/mol. The normalized spacial score (nSPS) is 9.73. The zero-order valence-electron chi connectivity index (χ0n) is 6.10. The van der Waals surface area contributed by atoms with Crippen molar-refractivity contribution in [1.82, 2.24) is 0 Å². The van der Waals surface area contributed by atoms with Crippen LogP contribution in [0, 0.1) is 0 Å². The molecule has 0 aliphatic heterocycles. The fourth-order valence-corrected chi connectivity index (χ4v) is 1.35. The van der Waals surface area contributed by atoms with E-state index >= 15 is 0 Å². The van der Waals surface area contributed by atoms with E-state index in [-0.39, 0.29) is 0 Å². The molecular weight excluding hydrogens is 180 g/mol. The van der Waals surface area contributed by atoms with Crippen LogP contribution in [0.25, 0.3) is 0 Å². The van der Waals surface area contributed by atoms with Crippen molar-refractivity contribution in [3.05, 3.63) is 23.2 Å². The van der Waals surface area contributed by atoms with Gasteiger partial charge in [-0.2, -0.15) is 0 Å². The molecule has 0 aliphatic rings. The zero-order valence-corrected chi connectivity index (χ0v) is 7.67. The largest absolute Gasteiger partial charge is 0.323 e. The van der Waals surface area contributed by atoms with Crippen LogP contribution >= 0.6 is 23.4 Å². The number of nitrogens with one attached hydrogen (secondary N) is 1. The smallest absolute Gasteiger partial charge is 0.0683 e. The van der Waals surface area contributed by atoms with Crippen molar-refractivity contribution < 1.29 is 0 Å². The average Bonchev–Trinajstić information content (AvgIpc) is 2.05. The van der Waals surface area contributed by atoms with E-state index in [1.807, 2.05) is 24.5 Å². The van der Waals surface area contributed by atoms with E-state index < -0.39 is 0 Å². The van der Waals surface area contributed by atoms with E-state index in [4.69, 9.17) is 17.4 Å². The summed E-state index contributed by atoms with van der Waals surface area (Å²) in [5.74, 6) is 5.23. The van der Waals surface area contributed by atoms with Crippen molar-refractivity contribution in [1.29, 1.82) is 0 Å². The van der Waals surface area contributed by atoms with E-state index in [1.54, 1.807) is 11.8 Å². The van der Waals surface area contributed by atoms with Crippen molar-refractivity contribution in [2.75, 3.05) is 11.7 Å². The first-order chi connectivity index (χ1) is 5.27. The molecule has 1 rings (SSSR count). The number of anilines is 1. The summed E-state index contributed by atoms with van der Waals surface area (Å²) in [7, 11) is 0. The number of nitrogen functional groups attached to an aromatic ring is 1. The van der Waals surface area contributed by atoms with E-state index in [1.165, 1.54) is 0 Å². The van der Waals surface area contributed by atoms with Crippen LogP contribution in [0.5, 0.6) is 0 Å². The van der Waals surface area contributed by atoms with Crippen LogP contribution in [0.3, 0.4) is 0 Å². The molecule has 0 amide bonds. The van der Waals surface area contributed by atoms with Crippen LogP contribution < -0.4 is 11.3 Å². The number of rotatable bonds is 2. The van der Waals surface area contributed by atoms with Gasteiger partial charge >= 0.3 is 0 Å². The molecule has 1 aromatic rings. The number of thioether (sulfide) groups is 1. The molecule has 4 heteroatoms. The Balaban J connectivity index is 3.02. The lowest BCUT2D eigenvalue weighted by Gasteiger charge is -2.03. The fourth-order valence-electron chi connectivity index (χ4n) is 0.742. The molecule has 3 N–H and O–H groups in total. The molecule has 0 bridgehead atoms. The monoisotopic (exact) mass is 188 g/mol. The maximum atomic E-state index is 5.80. The van der Waals surface area contributed by atoms with Crippen molar-refractivity contribution in [3.63, 3.8) is 0 Å². The Labute approximate surface area is 75.1 Å². The van der Waals surface area contributed by atoms with Crippen LogP contribution in [-0.4, -0.2) is 6.26 Å². The van der Waals surface area contributed by atoms with Gasteiger partial charge in [0.15, 0.2) is 0 Å². The Hall–Kier alpha value is -0.380. The van der Waals surface area contributed by atoms with E-state index in [0.717, 1.165) is 10.6 Å². The van der Waals surface area contributed by atoms with Crippen molar-refractivity contribution in [2.24, 2.45) is 5.84 Å². The molecule has 0 saturated carbocycles. The fraction of sp³-hybridized carbons (Fsp3) is 0.143. The summed E-state index contributed by atoms with van der Waals surface area (Å²) >= 11 is 7.45. The first-order valence-corrected chi connectivity index (χ1v) is 4.68. The molecule has 0 atom stereocenters. The topological polar surface area (TPSA) is 38.0 Å². The Morgan fingerprint density at radius 3 is 2.82 bits per heavy atom. The highest BCUT2D eigenvalue weighted by Gasteiger charge is 1.98. The standard InChI is InChI=1S/C7H9ClN2S/c1-11-5-2-3-6(8)7(4-5)10-9/h2-4,10H,9H2,1H3. The van der Waals surface area contributed by atoms with Gasteiger partial charge in [0.25, 0.3) is 0 Å². The van der Waals surface area contributed by atoms with E-state index in [9.17, 15) is 0 Å². The van der Waals surface area contributed by atoms with Crippen molar-refractivity contribution >= 4 is 29.1 Å². The minimum Gasteiger partial charge on any atom is -0.323 e. The highest BCUT2D eigenvalue weighted by atomic mass is 35.5. The summed E-state index contributed by atoms with van der Waals surface area (Å²) in [5.41, 5.74) is 3.29. The molecule has 11 heavy (non-hydrogen) atoms. The number of hydrogen-bond donors (Lipinski definition) is 2. The SMILES string of the molecule is CSc1ccc(Cl)c(NN)c1. The van der Waals surface area contributed by atoms with Gasteiger partial charge in [0.1, 0.15) is 0 Å². The molecule has 1 aromatic carbocycles. The molecule has 60 valence electrons. The van der Waals surface area contributed by atoms with Gasteiger partial charge in [-0.3, -0.25) is 5.84 Å². The van der Waals surface area contributed by atoms with Crippen LogP contribution in [-0.2, 0) is 0 Å². The summed E-state index contributed by atoms with van der Waals surface area (Å²) in [5, 5.41) is 0.644. The third-order valence-corrected chi connectivity index (χ3v) is 2.38. The van der Waals surface area contributed by atoms with Gasteiger partial charge in [-0.1, -0.05) is 11.6 Å². The Bertz CT molecular complexity index is 252. The molecule has 0 aliphatic carbocycles. The third-order valence-electron chi connectivity index (χ3n) is 1.33. The first-order valence-electron chi connectivity index (χ1n) is 3.08. The maximum absolute atomic E-state index is 5.80. The molecule has 0 saturated heterocycles. The lowest BCUT2D eigenvalue weighted by molar-refractivity contribution is 1.32. The predicted octanol–water partition coefficient (Wildman–Crippen LogP) is 2.35. The quantitative estimate of drug-likeness (QED) is 0.425. The van der Waals surface area contributed by atoms with Crippen molar-refractivity contribution in [3.8, 4) is 0 Å².